The first-order valence-corrected chi connectivity index (χ1v) is 6.24. The average molecular weight is 238 g/mol. The molecule has 0 saturated carbocycles. The summed E-state index contributed by atoms with van der Waals surface area (Å²) >= 11 is 0. The number of aliphatic hydroxyl groups excluding tert-OH is 1. The Morgan fingerprint density at radius 1 is 1.59 bits per heavy atom. The van der Waals surface area contributed by atoms with Gasteiger partial charge in [-0.1, -0.05) is 19.8 Å². The summed E-state index contributed by atoms with van der Waals surface area (Å²) in [5.41, 5.74) is -0.518. The van der Waals surface area contributed by atoms with Crippen molar-refractivity contribution in [2.45, 2.75) is 44.8 Å². The minimum absolute atomic E-state index is 0.0549. The van der Waals surface area contributed by atoms with Gasteiger partial charge in [-0.3, -0.25) is 9.69 Å². The molecule has 1 fully saturated rings. The number of hydrogen-bond acceptors (Lipinski definition) is 3. The minimum atomic E-state index is -0.518. The number of amides is 1. The highest BCUT2D eigenvalue weighted by Crippen LogP contribution is 2.14. The van der Waals surface area contributed by atoms with E-state index in [1.807, 2.05) is 18.7 Å². The molecule has 1 rings (SSSR count). The summed E-state index contributed by atoms with van der Waals surface area (Å²) in [4.78, 5) is 13.8. The fourth-order valence-electron chi connectivity index (χ4n) is 2.13. The molecular weight excluding hydrogens is 216 g/mol. The van der Waals surface area contributed by atoms with Crippen LogP contribution in [0.15, 0.2) is 0 Å². The number of aliphatic hydroxyl groups is 1. The van der Waals surface area contributed by atoms with Crippen LogP contribution in [0.3, 0.4) is 0 Å². The third kappa shape index (κ3) is 3.72. The number of carbonyl (C=O) groups excluding carboxylic acids is 1. The van der Waals surface area contributed by atoms with Crippen LogP contribution in [-0.2, 0) is 4.79 Å². The molecule has 0 aromatic carbocycles. The first-order chi connectivity index (χ1) is 8.05. The molecule has 0 aromatic heterocycles. The number of rotatable bonds is 5. The second-order valence-electron chi connectivity index (χ2n) is 4.66. The topological polar surface area (TPSA) is 52.6 Å². The van der Waals surface area contributed by atoms with Gasteiger partial charge in [0.25, 0.3) is 0 Å². The number of nitrogens with one attached hydrogen (secondary N) is 1. The summed E-state index contributed by atoms with van der Waals surface area (Å²) in [6.45, 7) is 5.62. The van der Waals surface area contributed by atoms with Crippen molar-refractivity contribution < 1.29 is 9.90 Å². The highest BCUT2D eigenvalue weighted by Gasteiger charge is 2.27. The fourth-order valence-corrected chi connectivity index (χ4v) is 2.13. The maximum absolute atomic E-state index is 11.9. The van der Waals surface area contributed by atoms with Crippen LogP contribution >= 0.6 is 0 Å². The summed E-state index contributed by atoms with van der Waals surface area (Å²) in [6.07, 6.45) is 7.40. The molecule has 4 nitrogen and oxygen atoms in total. The standard InChI is InChI=1S/C13H22N2O2/c1-4-13(5-2,6-3)14-12(17)10-15-8-7-11(16)9-15/h1,11,16H,5-10H2,2-3H3,(H,14,17)/t11-/m0/s1. The van der Waals surface area contributed by atoms with Crippen molar-refractivity contribution >= 4 is 5.91 Å². The molecule has 1 heterocycles. The van der Waals surface area contributed by atoms with Gasteiger partial charge < -0.3 is 10.4 Å². The third-order valence-electron chi connectivity index (χ3n) is 3.48. The predicted octanol–water partition coefficient (Wildman–Crippen LogP) is 0.361. The van der Waals surface area contributed by atoms with Crippen LogP contribution < -0.4 is 5.32 Å². The summed E-state index contributed by atoms with van der Waals surface area (Å²) < 4.78 is 0. The lowest BCUT2D eigenvalue weighted by atomic mass is 9.94. The van der Waals surface area contributed by atoms with Crippen LogP contribution in [0, 0.1) is 12.3 Å². The Balaban J connectivity index is 2.46. The maximum atomic E-state index is 11.9. The Bertz CT molecular complexity index is 305. The molecule has 1 atom stereocenters. The van der Waals surface area contributed by atoms with E-state index in [1.54, 1.807) is 0 Å². The summed E-state index contributed by atoms with van der Waals surface area (Å²) in [6, 6.07) is 0. The van der Waals surface area contributed by atoms with Crippen molar-refractivity contribution in [2.24, 2.45) is 0 Å². The van der Waals surface area contributed by atoms with Gasteiger partial charge in [-0.2, -0.15) is 0 Å². The van der Waals surface area contributed by atoms with Crippen molar-refractivity contribution in [1.82, 2.24) is 10.2 Å². The van der Waals surface area contributed by atoms with E-state index in [0.717, 1.165) is 25.8 Å². The van der Waals surface area contributed by atoms with Gasteiger partial charge in [0.1, 0.15) is 5.54 Å². The highest BCUT2D eigenvalue weighted by atomic mass is 16.3. The molecule has 1 aliphatic heterocycles. The second-order valence-corrected chi connectivity index (χ2v) is 4.66. The molecule has 0 unspecified atom stereocenters. The molecule has 0 aliphatic carbocycles. The van der Waals surface area contributed by atoms with Crippen molar-refractivity contribution in [2.75, 3.05) is 19.6 Å². The maximum Gasteiger partial charge on any atom is 0.235 e. The van der Waals surface area contributed by atoms with Crippen LogP contribution in [0.1, 0.15) is 33.1 Å². The van der Waals surface area contributed by atoms with Gasteiger partial charge in [0.15, 0.2) is 0 Å². The van der Waals surface area contributed by atoms with E-state index in [2.05, 4.69) is 11.2 Å². The van der Waals surface area contributed by atoms with Gasteiger partial charge in [0.05, 0.1) is 12.6 Å². The zero-order chi connectivity index (χ0) is 12.9. The number of likely N-dealkylation sites (tertiary alicyclic amines) is 1. The first kappa shape index (κ1) is 14.0. The van der Waals surface area contributed by atoms with Crippen molar-refractivity contribution in [1.29, 1.82) is 0 Å². The monoisotopic (exact) mass is 238 g/mol. The predicted molar refractivity (Wildman–Crippen MR) is 67.4 cm³/mol. The number of hydrogen-bond donors (Lipinski definition) is 2. The molecule has 0 spiro atoms. The number of β-amino-alcohol motifs (C(OH)–C–C–N with tert-alkyl or cyclic N) is 1. The first-order valence-electron chi connectivity index (χ1n) is 6.24. The van der Waals surface area contributed by atoms with Gasteiger partial charge in [0.2, 0.25) is 5.91 Å². The lowest BCUT2D eigenvalue weighted by molar-refractivity contribution is -0.123. The van der Waals surface area contributed by atoms with E-state index < -0.39 is 5.54 Å². The average Bonchev–Trinajstić information content (AvgIpc) is 2.72. The van der Waals surface area contributed by atoms with Gasteiger partial charge in [-0.15, -0.1) is 6.42 Å². The molecule has 17 heavy (non-hydrogen) atoms. The van der Waals surface area contributed by atoms with E-state index in [0.29, 0.717) is 13.1 Å². The van der Waals surface area contributed by atoms with Crippen LogP contribution in [0.4, 0.5) is 0 Å². The molecule has 0 bridgehead atoms. The zero-order valence-electron chi connectivity index (χ0n) is 10.7. The Morgan fingerprint density at radius 3 is 2.65 bits per heavy atom. The van der Waals surface area contributed by atoms with E-state index >= 15 is 0 Å². The van der Waals surface area contributed by atoms with Gasteiger partial charge in [0, 0.05) is 13.1 Å². The highest BCUT2D eigenvalue weighted by molar-refractivity contribution is 5.79. The quantitative estimate of drug-likeness (QED) is 0.680. The second kappa shape index (κ2) is 6.04. The zero-order valence-corrected chi connectivity index (χ0v) is 10.7. The van der Waals surface area contributed by atoms with Crippen molar-refractivity contribution in [3.8, 4) is 12.3 Å². The SMILES string of the molecule is C#CC(CC)(CC)NC(=O)CN1CC[C@H](O)C1. The molecule has 4 heteroatoms. The van der Waals surface area contributed by atoms with Gasteiger partial charge in [-0.25, -0.2) is 0 Å². The third-order valence-corrected chi connectivity index (χ3v) is 3.48. The molecule has 96 valence electrons. The lowest BCUT2D eigenvalue weighted by Gasteiger charge is -2.28. The van der Waals surface area contributed by atoms with E-state index in [4.69, 9.17) is 6.42 Å². The van der Waals surface area contributed by atoms with Gasteiger partial charge in [-0.05, 0) is 19.3 Å². The van der Waals surface area contributed by atoms with Crippen LogP contribution in [0.25, 0.3) is 0 Å². The minimum Gasteiger partial charge on any atom is -0.392 e. The Labute approximate surface area is 103 Å². The van der Waals surface area contributed by atoms with E-state index in [1.165, 1.54) is 0 Å². The number of carbonyl (C=O) groups is 1. The molecule has 1 saturated heterocycles. The van der Waals surface area contributed by atoms with Gasteiger partial charge >= 0.3 is 0 Å². The fraction of sp³-hybridized carbons (Fsp3) is 0.769. The summed E-state index contributed by atoms with van der Waals surface area (Å²) in [7, 11) is 0. The largest absolute Gasteiger partial charge is 0.392 e. The summed E-state index contributed by atoms with van der Waals surface area (Å²) in [5.74, 6) is 2.62. The van der Waals surface area contributed by atoms with E-state index in [9.17, 15) is 9.90 Å². The molecule has 2 N–H and O–H groups in total. The summed E-state index contributed by atoms with van der Waals surface area (Å²) in [5, 5.41) is 12.3. The van der Waals surface area contributed by atoms with E-state index in [-0.39, 0.29) is 12.0 Å². The van der Waals surface area contributed by atoms with Crippen LogP contribution in [-0.4, -0.2) is 47.2 Å². The molecule has 0 aromatic rings. The Hall–Kier alpha value is -1.05. The van der Waals surface area contributed by atoms with Crippen LogP contribution in [0.5, 0.6) is 0 Å². The molecule has 1 amide bonds. The van der Waals surface area contributed by atoms with Crippen LogP contribution in [0.2, 0.25) is 0 Å². The molecule has 0 radical (unpaired) electrons. The molecular formula is C13H22N2O2. The number of terminal acetylenes is 1. The normalized spacial score (nSPS) is 21.2. The molecule has 1 aliphatic rings. The smallest absolute Gasteiger partial charge is 0.235 e. The van der Waals surface area contributed by atoms with Crippen molar-refractivity contribution in [3.05, 3.63) is 0 Å². The van der Waals surface area contributed by atoms with Crippen molar-refractivity contribution in [3.63, 3.8) is 0 Å². The lowest BCUT2D eigenvalue weighted by Crippen LogP contribution is -2.49. The Kier molecular flexibility index (Phi) is 4.98. The Morgan fingerprint density at radius 2 is 2.24 bits per heavy atom. The number of nitrogens with zero attached hydrogens (tertiary/aromatic N) is 1.